The van der Waals surface area contributed by atoms with E-state index in [0.29, 0.717) is 34.5 Å². The molecule has 4 rings (SSSR count). The molecule has 0 radical (unpaired) electrons. The van der Waals surface area contributed by atoms with Gasteiger partial charge in [0.05, 0.1) is 36.1 Å². The van der Waals surface area contributed by atoms with E-state index in [1.54, 1.807) is 38.3 Å². The average molecular weight is 458 g/mol. The van der Waals surface area contributed by atoms with Crippen LogP contribution in [0.25, 0.3) is 22.4 Å². The van der Waals surface area contributed by atoms with Crippen molar-refractivity contribution < 1.29 is 13.9 Å². The number of aromatic nitrogens is 1. The lowest BCUT2D eigenvalue weighted by molar-refractivity contribution is 0.121. The molecule has 0 unspecified atom stereocenters. The number of nitrogens with two attached hydrogens (primary N) is 1. The maximum atomic E-state index is 15.5. The summed E-state index contributed by atoms with van der Waals surface area (Å²) in [5, 5.41) is 19.5. The third-order valence-corrected chi connectivity index (χ3v) is 6.24. The van der Waals surface area contributed by atoms with E-state index in [2.05, 4.69) is 22.0 Å². The van der Waals surface area contributed by atoms with Crippen molar-refractivity contribution >= 4 is 11.5 Å². The molecular formula is C26H24FN5O2. The van der Waals surface area contributed by atoms with E-state index in [-0.39, 0.29) is 28.7 Å². The lowest BCUT2D eigenvalue weighted by atomic mass is 9.92. The Hall–Kier alpha value is -4.14. The number of nitrogens with zero attached hydrogens (tertiary/aromatic N) is 4. The minimum absolute atomic E-state index is 0.0419. The molecule has 3 aromatic rings. The van der Waals surface area contributed by atoms with E-state index in [9.17, 15) is 10.5 Å². The average Bonchev–Trinajstić information content (AvgIpc) is 3.34. The van der Waals surface area contributed by atoms with E-state index in [0.717, 1.165) is 18.7 Å². The van der Waals surface area contributed by atoms with Gasteiger partial charge in [-0.1, -0.05) is 12.1 Å². The number of rotatable bonds is 5. The molecule has 1 atom stereocenters. The van der Waals surface area contributed by atoms with Crippen molar-refractivity contribution in [2.24, 2.45) is 0 Å². The molecule has 7 nitrogen and oxygen atoms in total. The summed E-state index contributed by atoms with van der Waals surface area (Å²) in [5.74, 6) is -0.572. The van der Waals surface area contributed by atoms with E-state index in [1.165, 1.54) is 7.11 Å². The second kappa shape index (κ2) is 9.38. The molecule has 1 aromatic heterocycles. The first kappa shape index (κ1) is 23.0. The van der Waals surface area contributed by atoms with Gasteiger partial charge in [0, 0.05) is 43.1 Å². The lowest BCUT2D eigenvalue weighted by Gasteiger charge is -2.21. The maximum absolute atomic E-state index is 15.5. The number of methoxy groups -OCH3 is 2. The first-order chi connectivity index (χ1) is 16.4. The monoisotopic (exact) mass is 457 g/mol. The zero-order valence-corrected chi connectivity index (χ0v) is 19.2. The summed E-state index contributed by atoms with van der Waals surface area (Å²) in [4.78, 5) is 6.35. The van der Waals surface area contributed by atoms with Crippen LogP contribution in [0.5, 0.6) is 5.75 Å². The normalized spacial score (nSPS) is 15.1. The standard InChI is InChI=1S/C26H24FN5O2/c1-15-16(12-28)5-4-6-21(15)25-22(13-29)23(24(27)26(30)31-25)17-9-18(11-20(10-17)34-3)32-8-7-19(14-32)33-2/h4-6,9-11,19H,7-8,14H2,1-3H3,(H2,30,31)/t19-/m1/s1. The van der Waals surface area contributed by atoms with Crippen LogP contribution in [-0.2, 0) is 4.74 Å². The summed E-state index contributed by atoms with van der Waals surface area (Å²) in [6.07, 6.45) is 0.987. The molecule has 0 bridgehead atoms. The van der Waals surface area contributed by atoms with E-state index >= 15 is 4.39 Å². The molecule has 172 valence electrons. The molecule has 1 fully saturated rings. The van der Waals surface area contributed by atoms with Gasteiger partial charge in [0.1, 0.15) is 11.8 Å². The number of pyridine rings is 1. The van der Waals surface area contributed by atoms with Gasteiger partial charge in [0.15, 0.2) is 11.6 Å². The van der Waals surface area contributed by atoms with Crippen LogP contribution >= 0.6 is 0 Å². The molecular weight excluding hydrogens is 433 g/mol. The van der Waals surface area contributed by atoms with E-state index in [1.807, 2.05) is 12.1 Å². The minimum atomic E-state index is -0.773. The highest BCUT2D eigenvalue weighted by atomic mass is 19.1. The number of halogens is 1. The Morgan fingerprint density at radius 1 is 1.18 bits per heavy atom. The van der Waals surface area contributed by atoms with Crippen LogP contribution in [0.2, 0.25) is 0 Å². The number of benzene rings is 2. The zero-order valence-electron chi connectivity index (χ0n) is 19.2. The van der Waals surface area contributed by atoms with Crippen LogP contribution in [0.3, 0.4) is 0 Å². The van der Waals surface area contributed by atoms with E-state index in [4.69, 9.17) is 15.2 Å². The largest absolute Gasteiger partial charge is 0.497 e. The van der Waals surface area contributed by atoms with Crippen molar-refractivity contribution in [2.75, 3.05) is 37.9 Å². The molecule has 2 N–H and O–H groups in total. The Labute approximate surface area is 197 Å². The van der Waals surface area contributed by atoms with Crippen LogP contribution in [0.4, 0.5) is 15.9 Å². The highest BCUT2D eigenvalue weighted by molar-refractivity contribution is 5.85. The van der Waals surface area contributed by atoms with Crippen LogP contribution in [0.1, 0.15) is 23.1 Å². The Bertz CT molecular complexity index is 1340. The van der Waals surface area contributed by atoms with Crippen molar-refractivity contribution in [1.82, 2.24) is 4.98 Å². The number of hydrogen-bond acceptors (Lipinski definition) is 7. The molecule has 0 aliphatic carbocycles. The van der Waals surface area contributed by atoms with Gasteiger partial charge >= 0.3 is 0 Å². The van der Waals surface area contributed by atoms with Crippen LogP contribution in [0.15, 0.2) is 36.4 Å². The molecule has 8 heteroatoms. The highest BCUT2D eigenvalue weighted by Gasteiger charge is 2.26. The zero-order chi connectivity index (χ0) is 24.4. The predicted octanol–water partition coefficient (Wildman–Crippen LogP) is 4.42. The molecule has 2 aromatic carbocycles. The molecule has 2 heterocycles. The van der Waals surface area contributed by atoms with Crippen molar-refractivity contribution in [3.63, 3.8) is 0 Å². The van der Waals surface area contributed by atoms with Crippen molar-refractivity contribution in [1.29, 1.82) is 10.5 Å². The second-order valence-corrected chi connectivity index (χ2v) is 8.12. The summed E-state index contributed by atoms with van der Waals surface area (Å²) in [7, 11) is 3.22. The molecule has 1 aliphatic heterocycles. The number of nitrogen functional groups attached to an aromatic ring is 1. The van der Waals surface area contributed by atoms with Crippen molar-refractivity contribution in [3.8, 4) is 40.3 Å². The third kappa shape index (κ3) is 4.00. The van der Waals surface area contributed by atoms with Crippen molar-refractivity contribution in [3.05, 3.63) is 58.9 Å². The van der Waals surface area contributed by atoms with E-state index < -0.39 is 5.82 Å². The van der Waals surface area contributed by atoms with Crippen LogP contribution < -0.4 is 15.4 Å². The molecule has 0 spiro atoms. The quantitative estimate of drug-likeness (QED) is 0.604. The van der Waals surface area contributed by atoms with Crippen LogP contribution in [0, 0.1) is 35.4 Å². The fourth-order valence-electron chi connectivity index (χ4n) is 4.35. The van der Waals surface area contributed by atoms with Gasteiger partial charge in [0.25, 0.3) is 0 Å². The highest BCUT2D eigenvalue weighted by Crippen LogP contribution is 2.40. The topological polar surface area (TPSA) is 108 Å². The minimum Gasteiger partial charge on any atom is -0.497 e. The first-order valence-corrected chi connectivity index (χ1v) is 10.8. The summed E-state index contributed by atoms with van der Waals surface area (Å²) in [6.45, 7) is 3.24. The molecule has 1 aliphatic rings. The predicted molar refractivity (Wildman–Crippen MR) is 128 cm³/mol. The SMILES string of the molecule is COc1cc(-c2c(F)c(N)nc(-c3cccc(C#N)c3C)c2C#N)cc(N2CC[C@@H](OC)C2)c1. The summed E-state index contributed by atoms with van der Waals surface area (Å²) < 4.78 is 26.4. The molecule has 0 saturated carbocycles. The molecule has 0 amide bonds. The summed E-state index contributed by atoms with van der Waals surface area (Å²) in [6, 6.07) is 14.7. The summed E-state index contributed by atoms with van der Waals surface area (Å²) >= 11 is 0. The smallest absolute Gasteiger partial charge is 0.174 e. The number of anilines is 2. The van der Waals surface area contributed by atoms with Gasteiger partial charge in [-0.25, -0.2) is 9.37 Å². The third-order valence-electron chi connectivity index (χ3n) is 6.24. The maximum Gasteiger partial charge on any atom is 0.174 e. The Kier molecular flexibility index (Phi) is 6.36. The van der Waals surface area contributed by atoms with Crippen molar-refractivity contribution in [2.45, 2.75) is 19.4 Å². The Balaban J connectivity index is 1.95. The summed E-state index contributed by atoms with van der Waals surface area (Å²) in [5.41, 5.74) is 9.23. The van der Waals surface area contributed by atoms with Crippen LogP contribution in [-0.4, -0.2) is 38.4 Å². The first-order valence-electron chi connectivity index (χ1n) is 10.8. The number of nitriles is 2. The molecule has 34 heavy (non-hydrogen) atoms. The number of ether oxygens (including phenoxy) is 2. The fourth-order valence-corrected chi connectivity index (χ4v) is 4.35. The Morgan fingerprint density at radius 3 is 2.62 bits per heavy atom. The van der Waals surface area contributed by atoms with Gasteiger partial charge in [-0.15, -0.1) is 0 Å². The Morgan fingerprint density at radius 2 is 1.97 bits per heavy atom. The lowest BCUT2D eigenvalue weighted by Crippen LogP contribution is -2.22. The second-order valence-electron chi connectivity index (χ2n) is 8.12. The molecule has 1 saturated heterocycles. The van der Waals surface area contributed by atoms with Gasteiger partial charge < -0.3 is 20.1 Å². The van der Waals surface area contributed by atoms with Gasteiger partial charge in [-0.2, -0.15) is 10.5 Å². The fraction of sp³-hybridized carbons (Fsp3) is 0.269. The van der Waals surface area contributed by atoms with Gasteiger partial charge in [-0.3, -0.25) is 0 Å². The van der Waals surface area contributed by atoms with Gasteiger partial charge in [0.2, 0.25) is 0 Å². The number of hydrogen-bond donors (Lipinski definition) is 1. The van der Waals surface area contributed by atoms with Gasteiger partial charge in [-0.05, 0) is 42.7 Å².